The number of hydrazine groups is 1. The van der Waals surface area contributed by atoms with E-state index in [0.717, 1.165) is 11.3 Å². The van der Waals surface area contributed by atoms with Crippen molar-refractivity contribution in [3.63, 3.8) is 0 Å². The van der Waals surface area contributed by atoms with Crippen LogP contribution in [0.5, 0.6) is 0 Å². The van der Waals surface area contributed by atoms with Gasteiger partial charge in [0, 0.05) is 25.0 Å². The van der Waals surface area contributed by atoms with E-state index in [1.807, 2.05) is 0 Å². The van der Waals surface area contributed by atoms with Crippen LogP contribution in [-0.2, 0) is 21.4 Å². The Labute approximate surface area is 194 Å². The maximum atomic E-state index is 12.8. The van der Waals surface area contributed by atoms with Gasteiger partial charge in [0.25, 0.3) is 21.5 Å². The van der Waals surface area contributed by atoms with Crippen molar-refractivity contribution < 1.29 is 18.0 Å². The summed E-state index contributed by atoms with van der Waals surface area (Å²) in [5.41, 5.74) is 4.46. The van der Waals surface area contributed by atoms with Crippen LogP contribution >= 0.6 is 11.3 Å². The van der Waals surface area contributed by atoms with Gasteiger partial charge in [0.2, 0.25) is 5.91 Å². The molecule has 2 aromatic heterocycles. The second-order valence-corrected chi connectivity index (χ2v) is 10.7. The molecule has 2 amide bonds. The lowest BCUT2D eigenvalue weighted by Gasteiger charge is -2.30. The summed E-state index contributed by atoms with van der Waals surface area (Å²) in [6.07, 6.45) is 1.03. The molecular formula is C21H23N5O5S2. The highest BCUT2D eigenvalue weighted by molar-refractivity contribution is 7.91. The average Bonchev–Trinajstić information content (AvgIpc) is 3.39. The monoisotopic (exact) mass is 489 g/mol. The summed E-state index contributed by atoms with van der Waals surface area (Å²) in [4.78, 5) is 38.0. The molecule has 0 bridgehead atoms. The average molecular weight is 490 g/mol. The zero-order chi connectivity index (χ0) is 23.6. The normalized spacial score (nSPS) is 17.1. The lowest BCUT2D eigenvalue weighted by Crippen LogP contribution is -2.50. The molecule has 0 radical (unpaired) electrons. The number of rotatable bonds is 5. The smallest absolute Gasteiger partial charge is 0.273 e. The van der Waals surface area contributed by atoms with Gasteiger partial charge in [0.1, 0.15) is 4.21 Å². The zero-order valence-corrected chi connectivity index (χ0v) is 19.5. The van der Waals surface area contributed by atoms with Crippen LogP contribution in [-0.4, -0.2) is 47.4 Å². The number of thiophene rings is 1. The molecule has 0 spiro atoms. The van der Waals surface area contributed by atoms with E-state index in [1.165, 1.54) is 15.1 Å². The van der Waals surface area contributed by atoms with Gasteiger partial charge >= 0.3 is 0 Å². The Hall–Kier alpha value is -3.09. The van der Waals surface area contributed by atoms with E-state index in [4.69, 9.17) is 0 Å². The number of benzene rings is 1. The van der Waals surface area contributed by atoms with Crippen molar-refractivity contribution in [2.24, 2.45) is 5.92 Å². The number of hydrogen-bond acceptors (Lipinski definition) is 7. The van der Waals surface area contributed by atoms with Crippen molar-refractivity contribution in [3.8, 4) is 0 Å². The van der Waals surface area contributed by atoms with Gasteiger partial charge in [-0.1, -0.05) is 24.3 Å². The fraction of sp³-hybridized carbons (Fsp3) is 0.333. The van der Waals surface area contributed by atoms with Gasteiger partial charge in [-0.2, -0.15) is 9.40 Å². The zero-order valence-electron chi connectivity index (χ0n) is 17.9. The van der Waals surface area contributed by atoms with E-state index >= 15 is 0 Å². The highest BCUT2D eigenvalue weighted by Crippen LogP contribution is 2.26. The van der Waals surface area contributed by atoms with Crippen LogP contribution in [0.2, 0.25) is 0 Å². The minimum absolute atomic E-state index is 0.0119. The lowest BCUT2D eigenvalue weighted by atomic mass is 9.99. The maximum Gasteiger partial charge on any atom is 0.290 e. The summed E-state index contributed by atoms with van der Waals surface area (Å²) in [7, 11) is -3.65. The Kier molecular flexibility index (Phi) is 6.58. The van der Waals surface area contributed by atoms with Crippen LogP contribution in [0.1, 0.15) is 30.3 Å². The van der Waals surface area contributed by atoms with Crippen LogP contribution in [0, 0.1) is 5.92 Å². The number of aromatic nitrogens is 2. The summed E-state index contributed by atoms with van der Waals surface area (Å²) >= 11 is 1.13. The first-order valence-electron chi connectivity index (χ1n) is 10.5. The molecule has 1 saturated heterocycles. The molecule has 10 nitrogen and oxygen atoms in total. The third-order valence-electron chi connectivity index (χ3n) is 5.53. The SMILES string of the molecule is CCn1nc(C(=O)NNC(=O)C2CCCN(S(=O)(=O)c3cccs3)C2)c2ccccc2c1=O. The van der Waals surface area contributed by atoms with Crippen molar-refractivity contribution in [2.45, 2.75) is 30.5 Å². The third-order valence-corrected chi connectivity index (χ3v) is 8.76. The Morgan fingerprint density at radius 2 is 1.91 bits per heavy atom. The molecule has 3 heterocycles. The van der Waals surface area contributed by atoms with Gasteiger partial charge < -0.3 is 0 Å². The third kappa shape index (κ3) is 4.54. The molecule has 12 heteroatoms. The van der Waals surface area contributed by atoms with E-state index in [9.17, 15) is 22.8 Å². The minimum atomic E-state index is -3.65. The summed E-state index contributed by atoms with van der Waals surface area (Å²) in [5.74, 6) is -1.76. The minimum Gasteiger partial charge on any atom is -0.273 e. The second-order valence-electron chi connectivity index (χ2n) is 7.59. The summed E-state index contributed by atoms with van der Waals surface area (Å²) < 4.78 is 28.3. The predicted octanol–water partition coefficient (Wildman–Crippen LogP) is 1.34. The molecule has 174 valence electrons. The quantitative estimate of drug-likeness (QED) is 0.520. The van der Waals surface area contributed by atoms with Gasteiger partial charge in [0.05, 0.1) is 11.3 Å². The van der Waals surface area contributed by atoms with Crippen LogP contribution in [0.3, 0.4) is 0 Å². The molecule has 33 heavy (non-hydrogen) atoms. The number of sulfonamides is 1. The summed E-state index contributed by atoms with van der Waals surface area (Å²) in [5, 5.41) is 6.56. The van der Waals surface area contributed by atoms with E-state index in [-0.39, 0.29) is 28.6 Å². The van der Waals surface area contributed by atoms with Crippen LogP contribution < -0.4 is 16.4 Å². The molecule has 1 aliphatic rings. The lowest BCUT2D eigenvalue weighted by molar-refractivity contribution is -0.126. The molecule has 0 saturated carbocycles. The Bertz CT molecular complexity index is 1350. The number of amides is 2. The Morgan fingerprint density at radius 1 is 1.15 bits per heavy atom. The number of fused-ring (bicyclic) bond motifs is 1. The summed E-state index contributed by atoms with van der Waals surface area (Å²) in [6, 6.07) is 9.84. The van der Waals surface area contributed by atoms with Crippen LogP contribution in [0.25, 0.3) is 10.8 Å². The fourth-order valence-corrected chi connectivity index (χ4v) is 6.48. The number of piperidine rings is 1. The molecule has 3 aromatic rings. The maximum absolute atomic E-state index is 12.8. The highest BCUT2D eigenvalue weighted by Gasteiger charge is 2.34. The van der Waals surface area contributed by atoms with Crippen molar-refractivity contribution in [3.05, 3.63) is 57.8 Å². The van der Waals surface area contributed by atoms with Gasteiger partial charge in [0.15, 0.2) is 5.69 Å². The van der Waals surface area contributed by atoms with E-state index in [0.29, 0.717) is 30.2 Å². The van der Waals surface area contributed by atoms with Gasteiger partial charge in [-0.15, -0.1) is 11.3 Å². The number of nitrogens with one attached hydrogen (secondary N) is 2. The molecule has 1 aromatic carbocycles. The molecule has 1 atom stereocenters. The van der Waals surface area contributed by atoms with E-state index in [1.54, 1.807) is 42.6 Å². The van der Waals surface area contributed by atoms with Crippen LogP contribution in [0.15, 0.2) is 50.8 Å². The standard InChI is InChI=1S/C21H23N5O5S2/c1-2-26-21(29)16-9-4-3-8-15(16)18(24-26)20(28)23-22-19(27)14-7-5-11-25(13-14)33(30,31)17-10-6-12-32-17/h3-4,6,8-10,12,14H,2,5,7,11,13H2,1H3,(H,22,27)(H,23,28). The fourth-order valence-electron chi connectivity index (χ4n) is 3.81. The van der Waals surface area contributed by atoms with Crippen LogP contribution in [0.4, 0.5) is 0 Å². The molecule has 1 aliphatic heterocycles. The Balaban J connectivity index is 1.47. The molecule has 4 rings (SSSR count). The molecule has 1 unspecified atom stereocenters. The molecule has 2 N–H and O–H groups in total. The number of hydrogen-bond donors (Lipinski definition) is 2. The molecule has 1 fully saturated rings. The van der Waals surface area contributed by atoms with E-state index < -0.39 is 27.8 Å². The van der Waals surface area contributed by atoms with Gasteiger partial charge in [-0.25, -0.2) is 13.1 Å². The van der Waals surface area contributed by atoms with Gasteiger partial charge in [-0.3, -0.25) is 25.2 Å². The number of carbonyl (C=O) groups excluding carboxylic acids is 2. The van der Waals surface area contributed by atoms with Crippen molar-refractivity contribution in [2.75, 3.05) is 13.1 Å². The topological polar surface area (TPSA) is 130 Å². The number of carbonyl (C=O) groups is 2. The van der Waals surface area contributed by atoms with Crippen molar-refractivity contribution >= 4 is 43.9 Å². The number of aryl methyl sites for hydroxylation is 1. The predicted molar refractivity (Wildman–Crippen MR) is 123 cm³/mol. The van der Waals surface area contributed by atoms with Crippen molar-refractivity contribution in [1.29, 1.82) is 0 Å². The van der Waals surface area contributed by atoms with E-state index in [2.05, 4.69) is 16.0 Å². The van der Waals surface area contributed by atoms with Gasteiger partial charge in [-0.05, 0) is 37.3 Å². The Morgan fingerprint density at radius 3 is 2.61 bits per heavy atom. The second kappa shape index (κ2) is 9.41. The first-order chi connectivity index (χ1) is 15.8. The van der Waals surface area contributed by atoms with Crippen molar-refractivity contribution in [1.82, 2.24) is 24.9 Å². The highest BCUT2D eigenvalue weighted by atomic mass is 32.2. The first-order valence-corrected chi connectivity index (χ1v) is 12.8. The molecular weight excluding hydrogens is 466 g/mol. The first kappa shape index (κ1) is 23.1. The number of nitrogens with zero attached hydrogens (tertiary/aromatic N) is 3. The summed E-state index contributed by atoms with van der Waals surface area (Å²) in [6.45, 7) is 2.40. The molecule has 0 aliphatic carbocycles. The largest absolute Gasteiger partial charge is 0.290 e.